The van der Waals surface area contributed by atoms with Crippen molar-refractivity contribution in [3.63, 3.8) is 0 Å². The second-order valence-corrected chi connectivity index (χ2v) is 7.36. The number of aromatic amines is 1. The van der Waals surface area contributed by atoms with Gasteiger partial charge in [0.2, 0.25) is 5.91 Å². The molecule has 4 rings (SSSR count). The van der Waals surface area contributed by atoms with E-state index in [9.17, 15) is 4.79 Å². The van der Waals surface area contributed by atoms with Crippen LogP contribution in [0.5, 0.6) is 5.75 Å². The van der Waals surface area contributed by atoms with Gasteiger partial charge in [-0.1, -0.05) is 42.1 Å². The first-order valence-electron chi connectivity index (χ1n) is 8.95. The molecule has 138 valence electrons. The average molecular weight is 379 g/mol. The largest absolute Gasteiger partial charge is 0.497 e. The minimum atomic E-state index is 0.101. The molecule has 6 heteroatoms. The van der Waals surface area contributed by atoms with Crippen molar-refractivity contribution in [2.24, 2.45) is 0 Å². The number of hydrogen-bond acceptors (Lipinski definition) is 4. The number of imidazole rings is 1. The molecule has 2 aromatic carbocycles. The van der Waals surface area contributed by atoms with Gasteiger partial charge in [-0.3, -0.25) is 4.79 Å². The van der Waals surface area contributed by atoms with Gasteiger partial charge in [0.05, 0.1) is 24.8 Å². The van der Waals surface area contributed by atoms with Crippen molar-refractivity contribution in [2.45, 2.75) is 18.0 Å². The van der Waals surface area contributed by atoms with E-state index in [1.807, 2.05) is 59.6 Å². The Morgan fingerprint density at radius 3 is 2.93 bits per heavy atom. The summed E-state index contributed by atoms with van der Waals surface area (Å²) >= 11 is 1.44. The van der Waals surface area contributed by atoms with E-state index in [1.165, 1.54) is 17.3 Å². The molecular weight excluding hydrogens is 358 g/mol. The number of methoxy groups -OCH3 is 1. The molecule has 0 aliphatic carbocycles. The molecule has 1 aliphatic rings. The fraction of sp³-hybridized carbons (Fsp3) is 0.238. The SMILES string of the molecule is COc1ccc2c(c1)CCCN2C(=O)CSc1ncc(-c2ccccc2)[nH]1. The number of ether oxygens (including phenoxy) is 1. The van der Waals surface area contributed by atoms with Crippen LogP contribution in [0.4, 0.5) is 5.69 Å². The minimum Gasteiger partial charge on any atom is -0.497 e. The number of amides is 1. The smallest absolute Gasteiger partial charge is 0.237 e. The number of carbonyl (C=O) groups is 1. The highest BCUT2D eigenvalue weighted by molar-refractivity contribution is 7.99. The van der Waals surface area contributed by atoms with Gasteiger partial charge in [0.25, 0.3) is 0 Å². The first-order valence-corrected chi connectivity index (χ1v) is 9.93. The van der Waals surface area contributed by atoms with Crippen LogP contribution >= 0.6 is 11.8 Å². The number of carbonyl (C=O) groups excluding carboxylic acids is 1. The van der Waals surface area contributed by atoms with Gasteiger partial charge in [0, 0.05) is 12.2 Å². The first-order chi connectivity index (χ1) is 13.2. The number of H-pyrrole nitrogens is 1. The van der Waals surface area contributed by atoms with Gasteiger partial charge in [-0.2, -0.15) is 0 Å². The quantitative estimate of drug-likeness (QED) is 0.677. The van der Waals surface area contributed by atoms with Crippen LogP contribution in [-0.4, -0.2) is 35.3 Å². The molecule has 0 bridgehead atoms. The van der Waals surface area contributed by atoms with Crippen LogP contribution in [0.1, 0.15) is 12.0 Å². The molecule has 1 amide bonds. The Morgan fingerprint density at radius 2 is 2.11 bits per heavy atom. The molecule has 0 saturated heterocycles. The summed E-state index contributed by atoms with van der Waals surface area (Å²) in [5, 5.41) is 0.758. The lowest BCUT2D eigenvalue weighted by molar-refractivity contribution is -0.116. The lowest BCUT2D eigenvalue weighted by Gasteiger charge is -2.29. The molecule has 0 radical (unpaired) electrons. The Labute approximate surface area is 162 Å². The van der Waals surface area contributed by atoms with E-state index < -0.39 is 0 Å². The van der Waals surface area contributed by atoms with Crippen LogP contribution in [0, 0.1) is 0 Å². The molecular formula is C21H21N3O2S. The second kappa shape index (κ2) is 7.88. The number of aromatic nitrogens is 2. The molecule has 27 heavy (non-hydrogen) atoms. The first kappa shape index (κ1) is 17.7. The van der Waals surface area contributed by atoms with Gasteiger partial charge in [-0.15, -0.1) is 0 Å². The highest BCUT2D eigenvalue weighted by Crippen LogP contribution is 2.31. The van der Waals surface area contributed by atoms with Crippen molar-refractivity contribution >= 4 is 23.4 Å². The molecule has 1 aromatic heterocycles. The van der Waals surface area contributed by atoms with Gasteiger partial charge in [0.15, 0.2) is 5.16 Å². The van der Waals surface area contributed by atoms with Crippen molar-refractivity contribution < 1.29 is 9.53 Å². The number of thioether (sulfide) groups is 1. The zero-order chi connectivity index (χ0) is 18.6. The summed E-state index contributed by atoms with van der Waals surface area (Å²) < 4.78 is 5.30. The molecule has 2 heterocycles. The minimum absolute atomic E-state index is 0.101. The summed E-state index contributed by atoms with van der Waals surface area (Å²) in [4.78, 5) is 22.4. The molecule has 1 aliphatic heterocycles. The van der Waals surface area contributed by atoms with Crippen LogP contribution in [0.25, 0.3) is 11.3 Å². The lowest BCUT2D eigenvalue weighted by Crippen LogP contribution is -2.36. The van der Waals surface area contributed by atoms with Crippen molar-refractivity contribution in [3.05, 3.63) is 60.3 Å². The Morgan fingerprint density at radius 1 is 1.26 bits per heavy atom. The maximum atomic E-state index is 12.8. The third-order valence-corrected chi connectivity index (χ3v) is 5.55. The molecule has 5 nitrogen and oxygen atoms in total. The van der Waals surface area contributed by atoms with Crippen molar-refractivity contribution in [2.75, 3.05) is 24.3 Å². The van der Waals surface area contributed by atoms with E-state index in [1.54, 1.807) is 7.11 Å². The predicted molar refractivity (Wildman–Crippen MR) is 108 cm³/mol. The van der Waals surface area contributed by atoms with Crippen LogP contribution in [0.15, 0.2) is 59.9 Å². The van der Waals surface area contributed by atoms with Crippen LogP contribution in [-0.2, 0) is 11.2 Å². The van der Waals surface area contributed by atoms with Crippen molar-refractivity contribution in [1.29, 1.82) is 0 Å². The number of nitrogens with zero attached hydrogens (tertiary/aromatic N) is 2. The summed E-state index contributed by atoms with van der Waals surface area (Å²) in [6.45, 7) is 0.756. The third kappa shape index (κ3) is 3.85. The fourth-order valence-corrected chi connectivity index (χ4v) is 4.03. The second-order valence-electron chi connectivity index (χ2n) is 6.40. The molecule has 3 aromatic rings. The molecule has 0 unspecified atom stereocenters. The van der Waals surface area contributed by atoms with Gasteiger partial charge < -0.3 is 14.6 Å². The summed E-state index contributed by atoms with van der Waals surface area (Å²) in [5.74, 6) is 1.29. The number of anilines is 1. The van der Waals surface area contributed by atoms with E-state index in [-0.39, 0.29) is 5.91 Å². The molecule has 0 spiro atoms. The highest BCUT2D eigenvalue weighted by atomic mass is 32.2. The summed E-state index contributed by atoms with van der Waals surface area (Å²) in [6, 6.07) is 16.0. The van der Waals surface area contributed by atoms with E-state index in [4.69, 9.17) is 4.74 Å². The maximum Gasteiger partial charge on any atom is 0.237 e. The number of benzene rings is 2. The molecule has 0 atom stereocenters. The molecule has 0 saturated carbocycles. The van der Waals surface area contributed by atoms with Gasteiger partial charge >= 0.3 is 0 Å². The number of aryl methyl sites for hydroxylation is 1. The number of rotatable bonds is 5. The molecule has 1 N–H and O–H groups in total. The summed E-state index contributed by atoms with van der Waals surface area (Å²) in [7, 11) is 1.66. The highest BCUT2D eigenvalue weighted by Gasteiger charge is 2.23. The van der Waals surface area contributed by atoms with Crippen molar-refractivity contribution in [3.8, 4) is 17.0 Å². The number of fused-ring (bicyclic) bond motifs is 1. The van der Waals surface area contributed by atoms with Crippen LogP contribution in [0.2, 0.25) is 0 Å². The monoisotopic (exact) mass is 379 g/mol. The topological polar surface area (TPSA) is 58.2 Å². The Kier molecular flexibility index (Phi) is 5.16. The normalized spacial score (nSPS) is 13.3. The van der Waals surface area contributed by atoms with Gasteiger partial charge in [-0.25, -0.2) is 4.98 Å². The van der Waals surface area contributed by atoms with Crippen LogP contribution in [0.3, 0.4) is 0 Å². The maximum absolute atomic E-state index is 12.8. The number of hydrogen-bond donors (Lipinski definition) is 1. The van der Waals surface area contributed by atoms with Crippen LogP contribution < -0.4 is 9.64 Å². The zero-order valence-corrected chi connectivity index (χ0v) is 16.0. The third-order valence-electron chi connectivity index (χ3n) is 4.68. The van der Waals surface area contributed by atoms with Gasteiger partial charge in [-0.05, 0) is 42.2 Å². The fourth-order valence-electron chi connectivity index (χ4n) is 3.31. The van der Waals surface area contributed by atoms with E-state index >= 15 is 0 Å². The Bertz CT molecular complexity index is 940. The Hall–Kier alpha value is -2.73. The van der Waals surface area contributed by atoms with Gasteiger partial charge in [0.1, 0.15) is 5.75 Å². The summed E-state index contributed by atoms with van der Waals surface area (Å²) in [6.07, 6.45) is 3.75. The average Bonchev–Trinajstić information content (AvgIpc) is 3.21. The van der Waals surface area contributed by atoms with Crippen molar-refractivity contribution in [1.82, 2.24) is 9.97 Å². The molecule has 0 fully saturated rings. The van der Waals surface area contributed by atoms with E-state index in [0.717, 1.165) is 47.2 Å². The standard InChI is InChI=1S/C21H21N3O2S/c1-26-17-9-10-19-16(12-17)8-5-11-24(19)20(25)14-27-21-22-13-18(23-21)15-6-3-2-4-7-15/h2-4,6-7,9-10,12-13H,5,8,11,14H2,1H3,(H,22,23). The number of nitrogens with one attached hydrogen (secondary N) is 1. The predicted octanol–water partition coefficient (Wildman–Crippen LogP) is 4.16. The lowest BCUT2D eigenvalue weighted by atomic mass is 10.0. The van der Waals surface area contributed by atoms with E-state index in [2.05, 4.69) is 9.97 Å². The van der Waals surface area contributed by atoms with E-state index in [0.29, 0.717) is 5.75 Å². The Balaban J connectivity index is 1.43. The zero-order valence-electron chi connectivity index (χ0n) is 15.1. The summed E-state index contributed by atoms with van der Waals surface area (Å²) in [5.41, 5.74) is 4.21.